The maximum atomic E-state index is 12.8. The van der Waals surface area contributed by atoms with E-state index in [0.717, 1.165) is 17.2 Å². The van der Waals surface area contributed by atoms with Crippen LogP contribution >= 0.6 is 75.8 Å². The van der Waals surface area contributed by atoms with Crippen LogP contribution in [0.5, 0.6) is 0 Å². The molecule has 724 valence electrons. The molecule has 144 heavy (non-hydrogen) atoms. The molecule has 0 aliphatic heterocycles. The van der Waals surface area contributed by atoms with Gasteiger partial charge in [0.1, 0.15) is 0 Å². The summed E-state index contributed by atoms with van der Waals surface area (Å²) in [6, 6.07) is 18.8. The number of aliphatic hydroxyl groups is 2. The minimum atomic E-state index is -0.691. The molecule has 9 aliphatic carbocycles. The summed E-state index contributed by atoms with van der Waals surface area (Å²) >= 11 is 25.5. The lowest BCUT2D eigenvalue weighted by atomic mass is 9.79. The predicted octanol–water partition coefficient (Wildman–Crippen LogP) is 20.2. The highest BCUT2D eigenvalue weighted by molar-refractivity contribution is 7.81. The molecular weight excluding hydrogens is 1940 g/mol. The first kappa shape index (κ1) is 112. The van der Waals surface area contributed by atoms with Gasteiger partial charge >= 0.3 is 0 Å². The van der Waals surface area contributed by atoms with E-state index in [4.69, 9.17) is 0 Å². The van der Waals surface area contributed by atoms with E-state index in [9.17, 15) is 106 Å². The summed E-state index contributed by atoms with van der Waals surface area (Å²) in [7, 11) is 0. The number of rotatable bonds is 16. The maximum Gasteiger partial charge on any atom is 0.196 e. The van der Waals surface area contributed by atoms with Crippen LogP contribution in [-0.4, -0.2) is 104 Å². The summed E-state index contributed by atoms with van der Waals surface area (Å²) in [4.78, 5) is 245. The van der Waals surface area contributed by atoms with Crippen LogP contribution < -0.4 is 32.2 Å². The van der Waals surface area contributed by atoms with Gasteiger partial charge in [0.15, 0.2) is 115 Å². The van der Waals surface area contributed by atoms with Gasteiger partial charge in [0.25, 0.3) is 0 Å². The van der Waals surface area contributed by atoms with Crippen molar-refractivity contribution >= 4 is 200 Å². The van der Waals surface area contributed by atoms with Gasteiger partial charge in [0, 0.05) is 189 Å². The van der Waals surface area contributed by atoms with E-state index >= 15 is 0 Å². The van der Waals surface area contributed by atoms with Crippen molar-refractivity contribution in [3.63, 3.8) is 0 Å². The lowest BCUT2D eigenvalue weighted by Crippen LogP contribution is -2.38. The second kappa shape index (κ2) is 49.0. The fourth-order valence-corrected chi connectivity index (χ4v) is 17.3. The van der Waals surface area contributed by atoms with Crippen LogP contribution in [0.1, 0.15) is 263 Å². The molecule has 0 bridgehead atoms. The Kier molecular flexibility index (Phi) is 38.1. The molecule has 0 saturated heterocycles. The third kappa shape index (κ3) is 23.5. The van der Waals surface area contributed by atoms with Crippen molar-refractivity contribution in [3.8, 4) is 0 Å². The molecule has 0 heterocycles. The number of thiol groups is 6. The number of benzene rings is 6. The Labute approximate surface area is 859 Å². The van der Waals surface area contributed by atoms with Crippen molar-refractivity contribution in [2.45, 2.75) is 112 Å². The van der Waals surface area contributed by atoms with Crippen LogP contribution in [0.25, 0.3) is 30.8 Å². The molecule has 0 radical (unpaired) electrons. The number of aliphatic hydroxyl groups excluding tert-OH is 2. The van der Waals surface area contributed by atoms with Crippen molar-refractivity contribution in [1.29, 1.82) is 0 Å². The molecule has 22 nitrogen and oxygen atoms in total. The van der Waals surface area contributed by atoms with Crippen LogP contribution in [0.2, 0.25) is 0 Å². The van der Waals surface area contributed by atoms with Gasteiger partial charge in [-0.05, 0) is 215 Å². The van der Waals surface area contributed by atoms with Gasteiger partial charge in [-0.1, -0.05) is 141 Å². The van der Waals surface area contributed by atoms with Crippen LogP contribution in [0, 0.1) is 34.7 Å². The summed E-state index contributed by atoms with van der Waals surface area (Å²) in [5.74, 6) is -2.84. The first-order valence-electron chi connectivity index (χ1n) is 43.7. The zero-order valence-electron chi connectivity index (χ0n) is 79.6. The van der Waals surface area contributed by atoms with Crippen LogP contribution in [0.4, 0.5) is 0 Å². The fraction of sp³-hybridized carbons (Fsp3) is 0.103. The second-order valence-electron chi connectivity index (χ2n) is 32.2. The summed E-state index contributed by atoms with van der Waals surface area (Å²) in [5.41, 5.74) is 8.72. The van der Waals surface area contributed by atoms with E-state index in [1.165, 1.54) is 91.9 Å². The molecule has 6 aromatic carbocycles. The molecular formula is C116H92O22S6. The Morgan fingerprint density at radius 1 is 0.326 bits per heavy atom. The first-order valence-corrected chi connectivity index (χ1v) is 46.4. The number of carbonyl (C=O) groups excluding carboxylic acids is 16. The van der Waals surface area contributed by atoms with Crippen molar-refractivity contribution in [1.82, 2.24) is 0 Å². The Balaban J connectivity index is 0.000000188. The number of Topliss-reactive ketones (excluding diaryl/α,β-unsaturated/α-hetero) is 9. The molecule has 0 amide bonds. The molecule has 0 atom stereocenters. The number of aldehydes is 2. The van der Waals surface area contributed by atoms with Crippen LogP contribution in [0.3, 0.4) is 0 Å². The molecule has 0 unspecified atom stereocenters. The average molecular weight is 2030 g/mol. The van der Waals surface area contributed by atoms with E-state index < -0.39 is 21.7 Å². The van der Waals surface area contributed by atoms with Gasteiger partial charge < -0.3 is 10.2 Å². The number of fused-ring (bicyclic) bond motifs is 6. The van der Waals surface area contributed by atoms with Gasteiger partial charge in [-0.2, -0.15) is 0 Å². The minimum Gasteiger partial charge on any atom is -0.515 e. The molecule has 15 rings (SSSR count). The van der Waals surface area contributed by atoms with E-state index in [2.05, 4.69) is 95.5 Å². The Morgan fingerprint density at radius 2 is 0.674 bits per heavy atom. The number of carbonyl (C=O) groups is 16. The predicted molar refractivity (Wildman–Crippen MR) is 577 cm³/mol. The topological polar surface area (TPSA) is 382 Å². The van der Waals surface area contributed by atoms with Crippen molar-refractivity contribution in [2.75, 3.05) is 0 Å². The monoisotopic (exact) mass is 2030 g/mol. The van der Waals surface area contributed by atoms with Crippen LogP contribution in [0.15, 0.2) is 325 Å². The van der Waals surface area contributed by atoms with E-state index in [0.29, 0.717) is 166 Å². The third-order valence-corrected chi connectivity index (χ3v) is 25.8. The number of ketones is 14. The lowest BCUT2D eigenvalue weighted by molar-refractivity contribution is 0.0973. The molecule has 28 heteroatoms. The molecule has 0 saturated carbocycles. The summed E-state index contributed by atoms with van der Waals surface area (Å²) in [5, 5.41) is 17.3. The van der Waals surface area contributed by atoms with E-state index in [1.807, 2.05) is 50.3 Å². The summed E-state index contributed by atoms with van der Waals surface area (Å²) in [6.07, 6.45) is 42.9. The smallest absolute Gasteiger partial charge is 0.196 e. The van der Waals surface area contributed by atoms with E-state index in [-0.39, 0.29) is 151 Å². The summed E-state index contributed by atoms with van der Waals surface area (Å²) < 4.78 is 0. The molecule has 0 spiro atoms. The second-order valence-corrected chi connectivity index (χ2v) is 35.1. The van der Waals surface area contributed by atoms with Gasteiger partial charge in [-0.15, -0.1) is 75.8 Å². The maximum absolute atomic E-state index is 12.8. The number of hydrogen-bond acceptors (Lipinski definition) is 28. The molecule has 2 N–H and O–H groups in total. The Hall–Kier alpha value is -15.8. The van der Waals surface area contributed by atoms with Crippen molar-refractivity contribution in [3.05, 3.63) is 466 Å². The fourth-order valence-electron chi connectivity index (χ4n) is 15.5. The largest absolute Gasteiger partial charge is 0.515 e. The van der Waals surface area contributed by atoms with E-state index in [1.54, 1.807) is 166 Å². The molecule has 9 aliphatic rings. The normalized spacial score (nSPS) is 14.5. The number of allylic oxidation sites excluding steroid dienone is 30. The van der Waals surface area contributed by atoms with Crippen molar-refractivity contribution in [2.24, 2.45) is 0 Å². The quantitative estimate of drug-likeness (QED) is 0.0146. The highest BCUT2D eigenvalue weighted by Gasteiger charge is 2.36. The zero-order valence-corrected chi connectivity index (χ0v) is 85.0. The number of hydrogen-bond donors (Lipinski definition) is 8. The van der Waals surface area contributed by atoms with Gasteiger partial charge in [-0.25, -0.2) is 0 Å². The lowest BCUT2D eigenvalue weighted by Gasteiger charge is -2.23. The average Bonchev–Trinajstić information content (AvgIpc) is 0.714. The molecule has 6 aromatic rings. The first-order chi connectivity index (χ1) is 68.3. The van der Waals surface area contributed by atoms with Gasteiger partial charge in [0.05, 0.1) is 23.0 Å². The van der Waals surface area contributed by atoms with Crippen LogP contribution in [-0.2, 0) is 0 Å². The standard InChI is InChI=1S/C19H16O3S.C18H10O6.C18H14O3S.C17H14O3S.C15H14O3S.C15H12O2S.C14H12O2S/c1-3-4-5-6-7-8-13-9-17(21)15-11-18(23)14(12(2)20)10-16(15)19(13)22;1-2-8-5-10-15(12(7-20)16(8)22)17(23)9-3-4-13(21)11(6-19)14(9)18(10)24;1-2-3-4-5-6-7-12-9-16(20)14-10-17(22)13(11-19)8-15(14)18(12)21;1-3-5-10-7-15(19)11-9-16(21)13(14(18)6-4-2)8-12(11)17(10)20;1-6-7(2)14(18)12-9(4)15(19)10(5-16)8(3)11(12)13(6)17;1-3-5-10-7-13(16)11-8-14(18)9(4-2)6-12(11)15(10)17;1-4-9-5-10-11(6-12(9)17)14(16)8(3)7(2)13(10)15/h3-11,23H,1-2H3;2-7,19-20H,1H2;2-11,22H,1H3;3-9,21H,1-2H3;5,19H,1-4H3;3-8,18H,2H2,1H3;4-6,17H,1H2,2-3H3/b4-3+,6-5+,8-7+;;3-2+,5-4+,7-6+;5-3+,6-4+;;5-3+;. The Morgan fingerprint density at radius 3 is 1.07 bits per heavy atom. The Bertz CT molecular complexity index is 8330. The molecule has 0 aromatic heterocycles. The third-order valence-electron chi connectivity index (χ3n) is 23.4. The SMILES string of the molecule is C/C=C/C(=O)c1cc2c(cc1S)C(=O)C=C(/C=C/C)C2=O.C/C=C/C=C/C=C/C1=CC(=O)c2cc(S)c(C(C)=O)cc2C1=O.C/C=C/C=C/C=C/C1=CC(=O)c2cc(S)c(C=O)cc2C1=O.C=Cc1cc2c(=O)c3c(=CO)c(=O)ccc=3c(=O)c=2c(=CO)c1=O.C=Cc1cc2c(cc1S)C(=O)C(C)=C(C)C2=O.C=Cc1cc2c(cc1S)C(=O)C=C(/C=C/C)C2=O.CC1=C(C)C(=O)c2c(C)c(C=O)c(S)c(C)c2C1=O. The molecule has 0 fully saturated rings. The highest BCUT2D eigenvalue weighted by atomic mass is 32.1. The highest BCUT2D eigenvalue weighted by Crippen LogP contribution is 2.38. The van der Waals surface area contributed by atoms with Gasteiger partial charge in [0.2, 0.25) is 0 Å². The zero-order chi connectivity index (χ0) is 107. The minimum absolute atomic E-state index is 0.0338. The van der Waals surface area contributed by atoms with Gasteiger partial charge in [-0.3, -0.25) is 95.9 Å². The van der Waals surface area contributed by atoms with Crippen molar-refractivity contribution < 1.29 is 86.9 Å². The summed E-state index contributed by atoms with van der Waals surface area (Å²) in [6.45, 7) is 31.4.